The number of carboxylic acids is 1. The molecule has 0 saturated heterocycles. The van der Waals surface area contributed by atoms with Crippen molar-refractivity contribution < 1.29 is 24.2 Å². The zero-order valence-electron chi connectivity index (χ0n) is 20.4. The number of hydrogen-bond donors (Lipinski definition) is 3. The topological polar surface area (TPSA) is 105 Å². The highest BCUT2D eigenvalue weighted by atomic mass is 16.5. The molecule has 0 aliphatic heterocycles. The van der Waals surface area contributed by atoms with Crippen LogP contribution in [-0.4, -0.2) is 41.3 Å². The van der Waals surface area contributed by atoms with Gasteiger partial charge in [-0.25, -0.2) is 9.59 Å². The van der Waals surface area contributed by atoms with Gasteiger partial charge in [0, 0.05) is 18.4 Å². The van der Waals surface area contributed by atoms with Crippen molar-refractivity contribution in [2.45, 2.75) is 69.9 Å². The minimum Gasteiger partial charge on any atom is -0.480 e. The van der Waals surface area contributed by atoms with Crippen molar-refractivity contribution in [2.75, 3.05) is 6.61 Å². The Kier molecular flexibility index (Phi) is 7.43. The van der Waals surface area contributed by atoms with Crippen molar-refractivity contribution in [2.24, 2.45) is 5.92 Å². The van der Waals surface area contributed by atoms with Crippen molar-refractivity contribution in [3.05, 3.63) is 59.7 Å². The summed E-state index contributed by atoms with van der Waals surface area (Å²) in [7, 11) is 0. The third-order valence-corrected chi connectivity index (χ3v) is 7.41. The van der Waals surface area contributed by atoms with Crippen LogP contribution in [-0.2, 0) is 14.3 Å². The molecule has 0 aromatic heterocycles. The minimum atomic E-state index is -1.32. The zero-order valence-corrected chi connectivity index (χ0v) is 20.4. The number of amides is 2. The lowest BCUT2D eigenvalue weighted by Crippen LogP contribution is -2.54. The lowest BCUT2D eigenvalue weighted by molar-refractivity contribution is -0.147. The lowest BCUT2D eigenvalue weighted by atomic mass is 9.78. The second-order valence-electron chi connectivity index (χ2n) is 9.91. The van der Waals surface area contributed by atoms with Gasteiger partial charge >= 0.3 is 12.1 Å². The van der Waals surface area contributed by atoms with E-state index in [-0.39, 0.29) is 36.8 Å². The molecule has 3 N–H and O–H groups in total. The quantitative estimate of drug-likeness (QED) is 0.453. The smallest absolute Gasteiger partial charge is 0.407 e. The average molecular weight is 479 g/mol. The first-order valence-corrected chi connectivity index (χ1v) is 12.5. The molecule has 2 unspecified atom stereocenters. The Morgan fingerprint density at radius 3 is 2.17 bits per heavy atom. The van der Waals surface area contributed by atoms with Gasteiger partial charge in [0.1, 0.15) is 12.1 Å². The van der Waals surface area contributed by atoms with Crippen molar-refractivity contribution in [3.8, 4) is 11.1 Å². The van der Waals surface area contributed by atoms with Crippen LogP contribution in [0.1, 0.15) is 69.4 Å². The third kappa shape index (κ3) is 5.34. The summed E-state index contributed by atoms with van der Waals surface area (Å²) in [6.07, 6.45) is 3.35. The number of carbonyl (C=O) groups is 3. The first kappa shape index (κ1) is 24.8. The SMILES string of the molecule is CCCC(C)(NC(=O)CC(NC(=O)OCC1c2ccccc2-c2ccccc21)C1CCC1)C(=O)O. The molecule has 0 radical (unpaired) electrons. The van der Waals surface area contributed by atoms with Gasteiger partial charge in [-0.3, -0.25) is 4.79 Å². The van der Waals surface area contributed by atoms with Crippen LogP contribution in [0.15, 0.2) is 48.5 Å². The van der Waals surface area contributed by atoms with Gasteiger partial charge in [0.15, 0.2) is 0 Å². The predicted octanol–water partition coefficient (Wildman–Crippen LogP) is 4.84. The van der Waals surface area contributed by atoms with Crippen LogP contribution in [0.25, 0.3) is 11.1 Å². The molecule has 7 heteroatoms. The standard InChI is InChI=1S/C28H34N2O5/c1-3-15-28(2,26(32)33)30-25(31)16-24(18-9-8-10-18)29-27(34)35-17-23-21-13-6-4-11-19(21)20-12-5-7-14-22(20)23/h4-7,11-14,18,23-24H,3,8-10,15-17H2,1-2H3,(H,29,34)(H,30,31)(H,32,33). The van der Waals surface area contributed by atoms with Crippen LogP contribution in [0.3, 0.4) is 0 Å². The van der Waals surface area contributed by atoms with E-state index in [9.17, 15) is 19.5 Å². The fourth-order valence-electron chi connectivity index (χ4n) is 5.25. The van der Waals surface area contributed by atoms with Gasteiger partial charge in [0.2, 0.25) is 5.91 Å². The normalized spacial score (nSPS) is 17.3. The van der Waals surface area contributed by atoms with Gasteiger partial charge < -0.3 is 20.5 Å². The van der Waals surface area contributed by atoms with Crippen LogP contribution in [0.2, 0.25) is 0 Å². The number of aliphatic carboxylic acids is 1. The van der Waals surface area contributed by atoms with E-state index < -0.39 is 17.6 Å². The summed E-state index contributed by atoms with van der Waals surface area (Å²) in [6.45, 7) is 3.61. The van der Waals surface area contributed by atoms with Crippen molar-refractivity contribution in [3.63, 3.8) is 0 Å². The lowest BCUT2D eigenvalue weighted by Gasteiger charge is -2.34. The van der Waals surface area contributed by atoms with Gasteiger partial charge in [0.25, 0.3) is 0 Å². The highest BCUT2D eigenvalue weighted by Gasteiger charge is 2.37. The summed E-state index contributed by atoms with van der Waals surface area (Å²) in [5, 5.41) is 15.1. The van der Waals surface area contributed by atoms with Gasteiger partial charge in [-0.2, -0.15) is 0 Å². The molecule has 1 fully saturated rings. The molecule has 2 amide bonds. The number of nitrogens with one attached hydrogen (secondary N) is 2. The molecule has 35 heavy (non-hydrogen) atoms. The van der Waals surface area contributed by atoms with Crippen LogP contribution in [0.4, 0.5) is 4.79 Å². The largest absolute Gasteiger partial charge is 0.480 e. The summed E-state index contributed by atoms with van der Waals surface area (Å²) >= 11 is 0. The highest BCUT2D eigenvalue weighted by Crippen LogP contribution is 2.44. The summed E-state index contributed by atoms with van der Waals surface area (Å²) in [5.74, 6) is -1.29. The first-order valence-electron chi connectivity index (χ1n) is 12.5. The molecular weight excluding hydrogens is 444 g/mol. The van der Waals surface area contributed by atoms with Gasteiger partial charge in [-0.15, -0.1) is 0 Å². The average Bonchev–Trinajstić information content (AvgIpc) is 3.10. The first-order chi connectivity index (χ1) is 16.8. The third-order valence-electron chi connectivity index (χ3n) is 7.41. The molecule has 0 bridgehead atoms. The van der Waals surface area contributed by atoms with Crippen molar-refractivity contribution in [1.29, 1.82) is 0 Å². The maximum absolute atomic E-state index is 12.8. The number of carbonyl (C=O) groups excluding carboxylic acids is 2. The Balaban J connectivity index is 1.38. The minimum absolute atomic E-state index is 0.0292. The monoisotopic (exact) mass is 478 g/mol. The molecule has 2 aliphatic carbocycles. The van der Waals surface area contributed by atoms with Crippen LogP contribution < -0.4 is 10.6 Å². The summed E-state index contributed by atoms with van der Waals surface area (Å²) < 4.78 is 5.67. The van der Waals surface area contributed by atoms with E-state index in [0.717, 1.165) is 41.5 Å². The summed E-state index contributed by atoms with van der Waals surface area (Å²) in [6, 6.07) is 15.9. The Morgan fingerprint density at radius 2 is 1.66 bits per heavy atom. The molecule has 4 rings (SSSR count). The number of fused-ring (bicyclic) bond motifs is 3. The van der Waals surface area contributed by atoms with Gasteiger partial charge in [0.05, 0.1) is 0 Å². The second-order valence-corrected chi connectivity index (χ2v) is 9.91. The van der Waals surface area contributed by atoms with E-state index in [2.05, 4.69) is 34.9 Å². The van der Waals surface area contributed by atoms with Crippen LogP contribution >= 0.6 is 0 Å². The van der Waals surface area contributed by atoms with Crippen molar-refractivity contribution in [1.82, 2.24) is 10.6 Å². The number of benzene rings is 2. The van der Waals surface area contributed by atoms with Gasteiger partial charge in [-0.05, 0) is 54.4 Å². The Bertz CT molecular complexity index is 1050. The van der Waals surface area contributed by atoms with E-state index in [0.29, 0.717) is 12.8 Å². The number of alkyl carbamates (subject to hydrolysis) is 1. The molecule has 2 aliphatic rings. The van der Waals surface area contributed by atoms with Crippen LogP contribution in [0.5, 0.6) is 0 Å². The van der Waals surface area contributed by atoms with Crippen LogP contribution in [0, 0.1) is 5.92 Å². The highest BCUT2D eigenvalue weighted by molar-refractivity contribution is 5.87. The fraction of sp³-hybridized carbons (Fsp3) is 0.464. The molecule has 0 heterocycles. The molecule has 7 nitrogen and oxygen atoms in total. The number of rotatable bonds is 10. The molecule has 0 spiro atoms. The molecule has 186 valence electrons. The van der Waals surface area contributed by atoms with E-state index in [1.54, 1.807) is 0 Å². The van der Waals surface area contributed by atoms with Gasteiger partial charge in [-0.1, -0.05) is 68.3 Å². The Morgan fingerprint density at radius 1 is 1.06 bits per heavy atom. The molecule has 1 saturated carbocycles. The predicted molar refractivity (Wildman–Crippen MR) is 133 cm³/mol. The summed E-state index contributed by atoms with van der Waals surface area (Å²) in [5.41, 5.74) is 3.28. The summed E-state index contributed by atoms with van der Waals surface area (Å²) in [4.78, 5) is 37.2. The maximum Gasteiger partial charge on any atom is 0.407 e. The van der Waals surface area contributed by atoms with E-state index in [1.807, 2.05) is 31.2 Å². The van der Waals surface area contributed by atoms with E-state index >= 15 is 0 Å². The molecule has 2 atom stereocenters. The molecule has 2 aromatic carbocycles. The second kappa shape index (κ2) is 10.5. The number of ether oxygens (including phenoxy) is 1. The Labute approximate surface area is 206 Å². The molecule has 2 aromatic rings. The number of hydrogen-bond acceptors (Lipinski definition) is 4. The molecular formula is C28H34N2O5. The maximum atomic E-state index is 12.8. The van der Waals surface area contributed by atoms with Crippen molar-refractivity contribution >= 4 is 18.0 Å². The van der Waals surface area contributed by atoms with E-state index in [1.165, 1.54) is 6.92 Å². The Hall–Kier alpha value is -3.35. The number of carboxylic acid groups (broad SMARTS) is 1. The van der Waals surface area contributed by atoms with E-state index in [4.69, 9.17) is 4.74 Å². The fourth-order valence-corrected chi connectivity index (χ4v) is 5.25. The zero-order chi connectivity index (χ0) is 25.0.